The maximum absolute atomic E-state index is 7.95. The Morgan fingerprint density at radius 2 is 1.21 bits per heavy atom. The van der Waals surface area contributed by atoms with Gasteiger partial charge in [0.05, 0.1) is 0 Å². The van der Waals surface area contributed by atoms with E-state index in [-0.39, 0.29) is 0 Å². The number of hydrogen-bond acceptors (Lipinski definition) is 0. The summed E-state index contributed by atoms with van der Waals surface area (Å²) in [5, 5.41) is 0. The van der Waals surface area contributed by atoms with Gasteiger partial charge in [0.15, 0.2) is 0 Å². The van der Waals surface area contributed by atoms with Crippen LogP contribution in [0.2, 0.25) is 9.26 Å². The molecule has 2 aromatic rings. The van der Waals surface area contributed by atoms with Crippen LogP contribution in [-0.4, -0.2) is 3.71 Å². The van der Waals surface area contributed by atoms with Crippen LogP contribution in [0.25, 0.3) is 12.2 Å². The zero-order valence-corrected chi connectivity index (χ0v) is 17.8. The molecule has 0 aromatic heterocycles. The van der Waals surface area contributed by atoms with Gasteiger partial charge < -0.3 is 0 Å². The van der Waals surface area contributed by atoms with E-state index in [1.807, 2.05) is 0 Å². The molecule has 0 spiro atoms. The molecule has 0 radical (unpaired) electrons. The Bertz CT molecular complexity index is 917. The summed E-state index contributed by atoms with van der Waals surface area (Å²) < 4.78 is 7.84. The van der Waals surface area contributed by atoms with Gasteiger partial charge in [0.2, 0.25) is 0 Å². The number of benzene rings is 2. The first kappa shape index (κ1) is 16.4. The van der Waals surface area contributed by atoms with Gasteiger partial charge in [-0.1, -0.05) is 0 Å². The fourth-order valence-corrected chi connectivity index (χ4v) is 20.3. The molecule has 0 fully saturated rings. The fourth-order valence-electron chi connectivity index (χ4n) is 4.83. The maximum atomic E-state index is 7.95. The van der Waals surface area contributed by atoms with Crippen LogP contribution in [0.15, 0.2) is 60.7 Å². The van der Waals surface area contributed by atoms with Crippen molar-refractivity contribution in [2.75, 3.05) is 0 Å². The Kier molecular flexibility index (Phi) is 3.27. The van der Waals surface area contributed by atoms with Crippen LogP contribution in [0.3, 0.4) is 0 Å². The molecule has 24 heavy (non-hydrogen) atoms. The van der Waals surface area contributed by atoms with Gasteiger partial charge in [0, 0.05) is 0 Å². The third kappa shape index (κ3) is 2.04. The summed E-state index contributed by atoms with van der Waals surface area (Å²) in [6, 6.07) is 17.4. The Balaban J connectivity index is 2.00. The Labute approximate surface area is 145 Å². The van der Waals surface area contributed by atoms with Crippen LogP contribution in [0.4, 0.5) is 0 Å². The standard InChI is InChI=1S/2C9H7.C2H4.2CH3.ClH.Zr/c2*1-2-5-9-7-3-6-8(9)4-1;1-2;;;;/h2*1-7H;1H,2H3;2*1H3;1H;/q;;;;;;+1/p-1. The van der Waals surface area contributed by atoms with Crippen LogP contribution >= 0.6 is 8.51 Å². The normalized spacial score (nSPS) is 24.2. The second-order valence-electron chi connectivity index (χ2n) is 8.66. The third-order valence-corrected chi connectivity index (χ3v) is 29.2. The molecule has 0 heterocycles. The molecule has 2 aliphatic carbocycles. The van der Waals surface area contributed by atoms with Gasteiger partial charge in [-0.05, 0) is 0 Å². The molecule has 2 atom stereocenters. The quantitative estimate of drug-likeness (QED) is 0.505. The zero-order chi connectivity index (χ0) is 17.1. The average molecular weight is 415 g/mol. The molecule has 2 heteroatoms. The Morgan fingerprint density at radius 1 is 0.792 bits per heavy atom. The van der Waals surface area contributed by atoms with E-state index in [1.165, 1.54) is 22.3 Å². The number of rotatable bonds is 2. The molecule has 0 bridgehead atoms. The number of hydrogen-bond donors (Lipinski definition) is 0. The van der Waals surface area contributed by atoms with Crippen LogP contribution in [0, 0.1) is 0 Å². The van der Waals surface area contributed by atoms with E-state index in [0.717, 1.165) is 0 Å². The monoisotopic (exact) mass is 413 g/mol. The van der Waals surface area contributed by atoms with E-state index in [0.29, 0.717) is 7.25 Å². The van der Waals surface area contributed by atoms with Crippen molar-refractivity contribution in [2.24, 2.45) is 0 Å². The van der Waals surface area contributed by atoms with E-state index >= 15 is 0 Å². The number of allylic oxidation sites excluding steroid dienone is 2. The Morgan fingerprint density at radius 3 is 1.62 bits per heavy atom. The molecule has 2 aliphatic rings. The molecule has 2 unspecified atom stereocenters. The zero-order valence-electron chi connectivity index (χ0n) is 14.5. The van der Waals surface area contributed by atoms with Gasteiger partial charge in [0.25, 0.3) is 0 Å². The number of halogens is 1. The van der Waals surface area contributed by atoms with E-state index < -0.39 is 15.6 Å². The van der Waals surface area contributed by atoms with Gasteiger partial charge in [-0.25, -0.2) is 0 Å². The van der Waals surface area contributed by atoms with Crippen LogP contribution < -0.4 is 0 Å². The summed E-state index contributed by atoms with van der Waals surface area (Å²) in [5.74, 6) is 0. The van der Waals surface area contributed by atoms with Gasteiger partial charge in [-0.3, -0.25) is 0 Å². The predicted octanol–water partition coefficient (Wildman–Crippen LogP) is 6.82. The van der Waals surface area contributed by atoms with Gasteiger partial charge in [0.1, 0.15) is 0 Å². The van der Waals surface area contributed by atoms with Crippen molar-refractivity contribution in [1.29, 1.82) is 0 Å². The fraction of sp³-hybridized carbons (Fsp3) is 0.227. The molecule has 0 saturated heterocycles. The van der Waals surface area contributed by atoms with Gasteiger partial charge in [-0.2, -0.15) is 0 Å². The van der Waals surface area contributed by atoms with Crippen molar-refractivity contribution < 1.29 is 15.6 Å². The van der Waals surface area contributed by atoms with Crippen molar-refractivity contribution in [3.63, 3.8) is 0 Å². The Hall–Kier alpha value is -1.04. The first-order valence-electron chi connectivity index (χ1n) is 8.78. The number of fused-ring (bicyclic) bond motifs is 2. The van der Waals surface area contributed by atoms with E-state index in [9.17, 15) is 0 Å². The van der Waals surface area contributed by atoms with E-state index in [1.54, 1.807) is 0 Å². The molecule has 123 valence electrons. The minimum absolute atomic E-state index is 0.301. The summed E-state index contributed by atoms with van der Waals surface area (Å²) in [5.41, 5.74) is 5.43. The van der Waals surface area contributed by atoms with Gasteiger partial charge in [-0.15, -0.1) is 0 Å². The molecule has 0 nitrogen and oxygen atoms in total. The summed E-state index contributed by atoms with van der Waals surface area (Å²) >= 11 is -4.37. The van der Waals surface area contributed by atoms with Gasteiger partial charge >= 0.3 is 146 Å². The second kappa shape index (κ2) is 4.77. The van der Waals surface area contributed by atoms with Crippen LogP contribution in [0.1, 0.15) is 36.4 Å². The average Bonchev–Trinajstić information content (AvgIpc) is 3.20. The summed E-state index contributed by atoms with van der Waals surface area (Å²) in [6.45, 7) is 2.19. The molecular weight excluding hydrogens is 391 g/mol. The molecule has 0 N–H and O–H groups in total. The first-order valence-corrected chi connectivity index (χ1v) is 21.1. The molecular formula is C22H24ClZr. The van der Waals surface area contributed by atoms with Crippen molar-refractivity contribution in [1.82, 2.24) is 0 Å². The first-order chi connectivity index (χ1) is 11.3. The molecule has 0 amide bonds. The van der Waals surface area contributed by atoms with Crippen LogP contribution in [0.5, 0.6) is 0 Å². The van der Waals surface area contributed by atoms with E-state index in [2.05, 4.69) is 92.7 Å². The topological polar surface area (TPSA) is 0 Å². The van der Waals surface area contributed by atoms with E-state index in [4.69, 9.17) is 8.51 Å². The molecule has 0 saturated carbocycles. The summed E-state index contributed by atoms with van der Waals surface area (Å²) in [4.78, 5) is 0. The van der Waals surface area contributed by atoms with Crippen molar-refractivity contribution in [2.45, 2.75) is 23.4 Å². The molecule has 2 aromatic carbocycles. The second-order valence-corrected chi connectivity index (χ2v) is 38.4. The third-order valence-electron chi connectivity index (χ3n) is 6.82. The van der Waals surface area contributed by atoms with Crippen molar-refractivity contribution in [3.05, 3.63) is 82.9 Å². The van der Waals surface area contributed by atoms with Crippen molar-refractivity contribution >= 4 is 24.4 Å². The SMILES string of the molecule is C[CH]=[Zr]([CH3])([CH3])([Cl])([CH]1C=Cc2ccccc21)[CH]1C=Cc2ccccc21. The minimum atomic E-state index is -4.37. The van der Waals surface area contributed by atoms with Crippen LogP contribution in [-0.2, 0) is 15.6 Å². The summed E-state index contributed by atoms with van der Waals surface area (Å²) in [6.07, 6.45) is 9.25. The predicted molar refractivity (Wildman–Crippen MR) is 106 cm³/mol. The molecule has 4 rings (SSSR count). The molecule has 0 aliphatic heterocycles. The summed E-state index contributed by atoms with van der Waals surface area (Å²) in [7, 11) is 7.95. The van der Waals surface area contributed by atoms with Crippen molar-refractivity contribution in [3.8, 4) is 0 Å².